The smallest absolute Gasteiger partial charge is 0.319 e. The summed E-state index contributed by atoms with van der Waals surface area (Å²) in [4.78, 5) is 0. The maximum atomic E-state index is 12.1. The summed E-state index contributed by atoms with van der Waals surface area (Å²) in [5.41, 5.74) is 1.36. The summed E-state index contributed by atoms with van der Waals surface area (Å²) in [5.74, 6) is 0. The largest absolute Gasteiger partial charge is 0.522 e. The lowest BCUT2D eigenvalue weighted by Crippen LogP contribution is -2.42. The van der Waals surface area contributed by atoms with Crippen LogP contribution in [0.25, 0.3) is 0 Å². The maximum Gasteiger partial charge on any atom is 0.522 e. The molecule has 0 aromatic heterocycles. The first-order valence-electron chi connectivity index (χ1n) is 7.52. The first-order chi connectivity index (χ1) is 9.76. The van der Waals surface area contributed by atoms with Crippen molar-refractivity contribution in [2.75, 3.05) is 26.7 Å². The van der Waals surface area contributed by atoms with E-state index in [1.54, 1.807) is 0 Å². The molecule has 124 valence electrons. The number of rotatable bonds is 7. The summed E-state index contributed by atoms with van der Waals surface area (Å²) >= 11 is 0. The average molecular weight is 308 g/mol. The Bertz CT molecular complexity index is 331. The van der Waals surface area contributed by atoms with E-state index in [1.807, 2.05) is 20.0 Å². The molecule has 0 aromatic rings. The van der Waals surface area contributed by atoms with E-state index in [2.05, 4.69) is 15.4 Å². The second-order valence-electron chi connectivity index (χ2n) is 6.12. The molecule has 1 atom stereocenters. The zero-order valence-electron chi connectivity index (χ0n) is 13.1. The van der Waals surface area contributed by atoms with Crippen LogP contribution in [0.2, 0.25) is 0 Å². The van der Waals surface area contributed by atoms with E-state index in [-0.39, 0.29) is 5.41 Å². The average Bonchev–Trinajstić information content (AvgIpc) is 2.35. The first-order valence-corrected chi connectivity index (χ1v) is 7.52. The highest BCUT2D eigenvalue weighted by Gasteiger charge is 2.32. The summed E-state index contributed by atoms with van der Waals surface area (Å²) in [6.45, 7) is 6.39. The number of halogens is 3. The third kappa shape index (κ3) is 7.29. The lowest BCUT2D eigenvalue weighted by molar-refractivity contribution is -0.339. The van der Waals surface area contributed by atoms with Crippen molar-refractivity contribution in [3.63, 3.8) is 0 Å². The maximum absolute atomic E-state index is 12.1. The second kappa shape index (κ2) is 8.15. The monoisotopic (exact) mass is 308 g/mol. The van der Waals surface area contributed by atoms with Crippen molar-refractivity contribution in [2.24, 2.45) is 5.41 Å². The molecule has 3 nitrogen and oxygen atoms in total. The van der Waals surface area contributed by atoms with Crippen LogP contribution in [-0.2, 0) is 4.74 Å². The number of alkyl halides is 3. The summed E-state index contributed by atoms with van der Waals surface area (Å²) in [6.07, 6.45) is -0.109. The number of nitrogens with one attached hydrogen (secondary N) is 2. The fourth-order valence-corrected chi connectivity index (χ4v) is 3.06. The van der Waals surface area contributed by atoms with Crippen LogP contribution in [0.3, 0.4) is 0 Å². The van der Waals surface area contributed by atoms with Crippen LogP contribution < -0.4 is 10.6 Å². The van der Waals surface area contributed by atoms with Crippen LogP contribution in [-0.4, -0.2) is 39.1 Å². The Morgan fingerprint density at radius 1 is 1.38 bits per heavy atom. The zero-order chi connectivity index (χ0) is 15.9. The van der Waals surface area contributed by atoms with Crippen molar-refractivity contribution in [3.8, 4) is 0 Å². The van der Waals surface area contributed by atoms with Gasteiger partial charge in [-0.05, 0) is 65.1 Å². The molecule has 6 heteroatoms. The lowest BCUT2D eigenvalue weighted by atomic mass is 9.74. The van der Waals surface area contributed by atoms with Crippen LogP contribution in [0.4, 0.5) is 13.2 Å². The van der Waals surface area contributed by atoms with Gasteiger partial charge in [-0.1, -0.05) is 11.6 Å². The topological polar surface area (TPSA) is 33.3 Å². The lowest BCUT2D eigenvalue weighted by Gasteiger charge is -2.38. The van der Waals surface area contributed by atoms with Gasteiger partial charge in [-0.2, -0.15) is 0 Å². The molecule has 0 radical (unpaired) electrons. The molecule has 1 saturated heterocycles. The zero-order valence-corrected chi connectivity index (χ0v) is 13.1. The molecule has 1 aliphatic heterocycles. The van der Waals surface area contributed by atoms with E-state index in [1.165, 1.54) is 6.92 Å². The number of hydrogen-bond acceptors (Lipinski definition) is 3. The molecule has 0 saturated carbocycles. The van der Waals surface area contributed by atoms with Crippen LogP contribution in [0.15, 0.2) is 11.6 Å². The van der Waals surface area contributed by atoms with Crippen molar-refractivity contribution in [1.29, 1.82) is 0 Å². The van der Waals surface area contributed by atoms with Gasteiger partial charge in [0.25, 0.3) is 0 Å². The summed E-state index contributed by atoms with van der Waals surface area (Å²) in [6, 6.07) is 0. The van der Waals surface area contributed by atoms with E-state index in [4.69, 9.17) is 0 Å². The molecule has 1 rings (SSSR count). The van der Waals surface area contributed by atoms with Gasteiger partial charge >= 0.3 is 6.36 Å². The van der Waals surface area contributed by atoms with Crippen LogP contribution >= 0.6 is 0 Å². The molecule has 1 fully saturated rings. The number of allylic oxidation sites excluding steroid dienone is 1. The number of piperidine rings is 1. The van der Waals surface area contributed by atoms with Gasteiger partial charge in [-0.15, -0.1) is 13.2 Å². The quantitative estimate of drug-likeness (QED) is 0.709. The van der Waals surface area contributed by atoms with Gasteiger partial charge in [0.15, 0.2) is 0 Å². The normalized spacial score (nSPS) is 21.3. The summed E-state index contributed by atoms with van der Waals surface area (Å²) < 4.78 is 40.3. The van der Waals surface area contributed by atoms with Crippen LogP contribution in [0.5, 0.6) is 0 Å². The molecule has 0 aromatic carbocycles. The van der Waals surface area contributed by atoms with Crippen LogP contribution in [0.1, 0.15) is 39.5 Å². The third-order valence-corrected chi connectivity index (χ3v) is 4.00. The SMILES string of the molecule is CNCC1(C/C(C)=C/C[C@H](C)OC(F)(F)F)CCNCC1. The minimum atomic E-state index is -4.55. The van der Waals surface area contributed by atoms with E-state index >= 15 is 0 Å². The highest BCUT2D eigenvalue weighted by Crippen LogP contribution is 2.35. The number of ether oxygens (including phenoxy) is 1. The number of hydrogen-bond donors (Lipinski definition) is 2. The molecule has 0 spiro atoms. The third-order valence-electron chi connectivity index (χ3n) is 4.00. The Morgan fingerprint density at radius 3 is 2.52 bits per heavy atom. The highest BCUT2D eigenvalue weighted by atomic mass is 19.4. The molecule has 0 amide bonds. The molecule has 2 N–H and O–H groups in total. The molecule has 1 aliphatic rings. The predicted octanol–water partition coefficient (Wildman–Crippen LogP) is 3.23. The van der Waals surface area contributed by atoms with Crippen molar-refractivity contribution >= 4 is 0 Å². The minimum Gasteiger partial charge on any atom is -0.319 e. The molecule has 0 aliphatic carbocycles. The van der Waals surface area contributed by atoms with Gasteiger partial charge in [0.2, 0.25) is 0 Å². The van der Waals surface area contributed by atoms with Crippen molar-refractivity contribution in [3.05, 3.63) is 11.6 Å². The standard InChI is InChI=1S/C15H27F3N2O/c1-12(4-5-13(2)21-15(16,17)18)10-14(11-19-3)6-8-20-9-7-14/h4,13,19-20H,5-11H2,1-3H3/b12-4+/t13-/m0/s1. The van der Waals surface area contributed by atoms with E-state index in [9.17, 15) is 13.2 Å². The van der Waals surface area contributed by atoms with Gasteiger partial charge in [0, 0.05) is 6.54 Å². The molecule has 1 heterocycles. The highest BCUT2D eigenvalue weighted by molar-refractivity contribution is 5.05. The van der Waals surface area contributed by atoms with Gasteiger partial charge < -0.3 is 10.6 Å². The fraction of sp³-hybridized carbons (Fsp3) is 0.867. The van der Waals surface area contributed by atoms with Crippen molar-refractivity contribution in [2.45, 2.75) is 52.0 Å². The molecule has 0 bridgehead atoms. The Balaban J connectivity index is 2.52. The van der Waals surface area contributed by atoms with E-state index in [0.717, 1.165) is 44.5 Å². The molecule has 21 heavy (non-hydrogen) atoms. The summed E-state index contributed by atoms with van der Waals surface area (Å²) in [7, 11) is 1.95. The Morgan fingerprint density at radius 2 is 2.00 bits per heavy atom. The minimum absolute atomic E-state index is 0.217. The Hall–Kier alpha value is -0.590. The molecular weight excluding hydrogens is 281 g/mol. The van der Waals surface area contributed by atoms with E-state index in [0.29, 0.717) is 6.42 Å². The Kier molecular flexibility index (Phi) is 7.16. The van der Waals surface area contributed by atoms with Crippen LogP contribution in [0, 0.1) is 5.41 Å². The fourth-order valence-electron chi connectivity index (χ4n) is 3.06. The van der Waals surface area contributed by atoms with Gasteiger partial charge in [0.05, 0.1) is 6.10 Å². The van der Waals surface area contributed by atoms with Crippen molar-refractivity contribution in [1.82, 2.24) is 10.6 Å². The first kappa shape index (κ1) is 18.5. The van der Waals surface area contributed by atoms with E-state index < -0.39 is 12.5 Å². The van der Waals surface area contributed by atoms with Gasteiger partial charge in [-0.3, -0.25) is 4.74 Å². The van der Waals surface area contributed by atoms with Gasteiger partial charge in [-0.25, -0.2) is 0 Å². The summed E-state index contributed by atoms with van der Waals surface area (Å²) in [5, 5.41) is 6.61. The predicted molar refractivity (Wildman–Crippen MR) is 78.1 cm³/mol. The van der Waals surface area contributed by atoms with Crippen molar-refractivity contribution < 1.29 is 17.9 Å². The molecule has 0 unspecified atom stereocenters. The second-order valence-corrected chi connectivity index (χ2v) is 6.12. The Labute approximate surface area is 125 Å². The molecular formula is C15H27F3N2O. The van der Waals surface area contributed by atoms with Gasteiger partial charge in [0.1, 0.15) is 0 Å².